The van der Waals surface area contributed by atoms with Gasteiger partial charge in [-0.15, -0.1) is 0 Å². The van der Waals surface area contributed by atoms with E-state index < -0.39 is 0 Å². The van der Waals surface area contributed by atoms with Crippen LogP contribution in [0, 0.1) is 0 Å². The summed E-state index contributed by atoms with van der Waals surface area (Å²) in [6.45, 7) is 2.05. The van der Waals surface area contributed by atoms with Crippen molar-refractivity contribution in [1.82, 2.24) is 0 Å². The van der Waals surface area contributed by atoms with Crippen molar-refractivity contribution in [2.75, 3.05) is 5.32 Å². The van der Waals surface area contributed by atoms with Crippen molar-refractivity contribution < 1.29 is 9.90 Å². The van der Waals surface area contributed by atoms with Crippen LogP contribution in [0.3, 0.4) is 0 Å². The highest BCUT2D eigenvalue weighted by molar-refractivity contribution is 9.10. The summed E-state index contributed by atoms with van der Waals surface area (Å²) in [5.74, 6) is -0.0259. The zero-order valence-corrected chi connectivity index (χ0v) is 15.6. The summed E-state index contributed by atoms with van der Waals surface area (Å²) in [4.78, 5) is 16.1. The van der Waals surface area contributed by atoms with E-state index in [1.807, 2.05) is 25.1 Å². The number of aromatic hydroxyl groups is 1. The molecule has 1 amide bonds. The fourth-order valence-corrected chi connectivity index (χ4v) is 2.89. The molecule has 0 bridgehead atoms. The fourth-order valence-electron chi connectivity index (χ4n) is 2.05. The van der Waals surface area contributed by atoms with Crippen molar-refractivity contribution in [1.29, 1.82) is 0 Å². The Bertz CT molecular complexity index is 763. The molecular weight excluding hydrogens is 392 g/mol. The van der Waals surface area contributed by atoms with E-state index in [2.05, 4.69) is 26.2 Å². The monoisotopic (exact) mass is 408 g/mol. The normalized spacial score (nSPS) is 11.0. The fraction of sp³-hybridized carbons (Fsp3) is 0.222. The van der Waals surface area contributed by atoms with E-state index in [1.165, 1.54) is 6.21 Å². The molecule has 0 spiro atoms. The molecule has 0 heterocycles. The second-order valence-electron chi connectivity index (χ2n) is 5.29. The smallest absolute Gasteiger partial charge is 0.224 e. The number of carbonyl (C=O) groups excluding carboxylic acids is 1. The van der Waals surface area contributed by atoms with Gasteiger partial charge in [0.15, 0.2) is 0 Å². The van der Waals surface area contributed by atoms with Gasteiger partial charge in [-0.1, -0.05) is 46.9 Å². The Morgan fingerprint density at radius 2 is 2.17 bits per heavy atom. The van der Waals surface area contributed by atoms with Crippen LogP contribution in [0.5, 0.6) is 5.75 Å². The molecule has 0 saturated carbocycles. The van der Waals surface area contributed by atoms with E-state index in [0.29, 0.717) is 23.4 Å². The van der Waals surface area contributed by atoms with Crippen LogP contribution in [0.4, 0.5) is 11.4 Å². The molecule has 6 heteroatoms. The van der Waals surface area contributed by atoms with Crippen LogP contribution in [-0.2, 0) is 4.79 Å². The predicted molar refractivity (Wildman–Crippen MR) is 103 cm³/mol. The molecule has 24 heavy (non-hydrogen) atoms. The summed E-state index contributed by atoms with van der Waals surface area (Å²) in [5.41, 5.74) is 1.87. The topological polar surface area (TPSA) is 61.7 Å². The molecule has 0 aliphatic carbocycles. The highest BCUT2D eigenvalue weighted by Gasteiger charge is 2.06. The standard InChI is InChI=1S/C18H18BrClN2O2/c1-2-3-7-17(23)22-15-6-4-5-14(10-15)21-11-12-8-13(19)9-16(20)18(12)24/h4-6,8-11,24H,2-3,7H2,1H3,(H,22,23). The molecular formula is C18H18BrClN2O2. The number of benzene rings is 2. The van der Waals surface area contributed by atoms with E-state index in [4.69, 9.17) is 11.6 Å². The Kier molecular flexibility index (Phi) is 6.82. The average Bonchev–Trinajstić information content (AvgIpc) is 2.55. The minimum absolute atomic E-state index is 0.00519. The maximum absolute atomic E-state index is 11.8. The lowest BCUT2D eigenvalue weighted by Crippen LogP contribution is -2.10. The Morgan fingerprint density at radius 3 is 2.92 bits per heavy atom. The van der Waals surface area contributed by atoms with E-state index in [0.717, 1.165) is 17.3 Å². The maximum Gasteiger partial charge on any atom is 0.224 e. The molecule has 0 unspecified atom stereocenters. The first-order chi connectivity index (χ1) is 11.5. The third-order valence-corrected chi connectivity index (χ3v) is 4.04. The molecule has 0 atom stereocenters. The summed E-state index contributed by atoms with van der Waals surface area (Å²) < 4.78 is 0.753. The number of halogens is 2. The van der Waals surface area contributed by atoms with Crippen molar-refractivity contribution in [2.45, 2.75) is 26.2 Å². The van der Waals surface area contributed by atoms with Crippen LogP contribution in [0.25, 0.3) is 0 Å². The molecule has 0 aliphatic heterocycles. The number of hydrogen-bond acceptors (Lipinski definition) is 3. The number of phenols is 1. The zero-order valence-electron chi connectivity index (χ0n) is 13.2. The van der Waals surface area contributed by atoms with Gasteiger partial charge in [-0.05, 0) is 36.8 Å². The molecule has 2 aromatic rings. The lowest BCUT2D eigenvalue weighted by Gasteiger charge is -2.06. The first kappa shape index (κ1) is 18.5. The van der Waals surface area contributed by atoms with Gasteiger partial charge in [0.2, 0.25) is 5.91 Å². The number of nitrogens with zero attached hydrogens (tertiary/aromatic N) is 1. The van der Waals surface area contributed by atoms with Crippen molar-refractivity contribution in [2.24, 2.45) is 4.99 Å². The lowest BCUT2D eigenvalue weighted by molar-refractivity contribution is -0.116. The van der Waals surface area contributed by atoms with Crippen LogP contribution in [0.2, 0.25) is 5.02 Å². The first-order valence-electron chi connectivity index (χ1n) is 7.61. The SMILES string of the molecule is CCCCC(=O)Nc1cccc(N=Cc2cc(Br)cc(Cl)c2O)c1. The van der Waals surface area contributed by atoms with Gasteiger partial charge in [0.25, 0.3) is 0 Å². The van der Waals surface area contributed by atoms with Crippen LogP contribution in [-0.4, -0.2) is 17.2 Å². The van der Waals surface area contributed by atoms with Gasteiger partial charge in [-0.2, -0.15) is 0 Å². The number of unbranched alkanes of at least 4 members (excludes halogenated alkanes) is 1. The van der Waals surface area contributed by atoms with Gasteiger partial charge in [0, 0.05) is 28.4 Å². The molecule has 2 aromatic carbocycles. The Balaban J connectivity index is 2.13. The van der Waals surface area contributed by atoms with Gasteiger partial charge in [0.05, 0.1) is 10.7 Å². The van der Waals surface area contributed by atoms with Crippen molar-refractivity contribution in [3.8, 4) is 5.75 Å². The van der Waals surface area contributed by atoms with Crippen molar-refractivity contribution in [3.05, 3.63) is 51.5 Å². The molecule has 0 fully saturated rings. The average molecular weight is 410 g/mol. The van der Waals surface area contributed by atoms with Gasteiger partial charge in [-0.25, -0.2) is 0 Å². The number of rotatable bonds is 6. The number of amides is 1. The second-order valence-corrected chi connectivity index (χ2v) is 6.61. The molecule has 4 nitrogen and oxygen atoms in total. The summed E-state index contributed by atoms with van der Waals surface area (Å²) in [7, 11) is 0. The number of phenolic OH excluding ortho intramolecular Hbond substituents is 1. The summed E-state index contributed by atoms with van der Waals surface area (Å²) in [5, 5.41) is 13.1. The van der Waals surface area contributed by atoms with E-state index >= 15 is 0 Å². The maximum atomic E-state index is 11.8. The van der Waals surface area contributed by atoms with Gasteiger partial charge >= 0.3 is 0 Å². The largest absolute Gasteiger partial charge is 0.506 e. The second kappa shape index (κ2) is 8.85. The van der Waals surface area contributed by atoms with E-state index in [1.54, 1.807) is 18.2 Å². The number of carbonyl (C=O) groups is 1. The number of hydrogen-bond donors (Lipinski definition) is 2. The lowest BCUT2D eigenvalue weighted by atomic mass is 10.2. The minimum Gasteiger partial charge on any atom is -0.506 e. The number of aliphatic imine (C=N–C) groups is 1. The summed E-state index contributed by atoms with van der Waals surface area (Å²) >= 11 is 9.26. The Labute approximate surface area is 154 Å². The quantitative estimate of drug-likeness (QED) is 0.602. The predicted octanol–water partition coefficient (Wildman–Crippen LogP) is 5.69. The molecule has 0 aromatic heterocycles. The Hall–Kier alpha value is -1.85. The molecule has 126 valence electrons. The van der Waals surface area contributed by atoms with Gasteiger partial charge in [-0.3, -0.25) is 9.79 Å². The molecule has 0 aliphatic rings. The molecule has 2 rings (SSSR count). The van der Waals surface area contributed by atoms with Crippen LogP contribution in [0.15, 0.2) is 45.9 Å². The highest BCUT2D eigenvalue weighted by Crippen LogP contribution is 2.30. The third kappa shape index (κ3) is 5.35. The molecule has 0 radical (unpaired) electrons. The number of anilines is 1. The minimum atomic E-state index is -0.0207. The highest BCUT2D eigenvalue weighted by atomic mass is 79.9. The third-order valence-electron chi connectivity index (χ3n) is 3.30. The van der Waals surface area contributed by atoms with E-state index in [-0.39, 0.29) is 16.7 Å². The van der Waals surface area contributed by atoms with Gasteiger partial charge < -0.3 is 10.4 Å². The van der Waals surface area contributed by atoms with Crippen LogP contribution >= 0.6 is 27.5 Å². The first-order valence-corrected chi connectivity index (χ1v) is 8.78. The van der Waals surface area contributed by atoms with Crippen LogP contribution < -0.4 is 5.32 Å². The Morgan fingerprint density at radius 1 is 1.38 bits per heavy atom. The van der Waals surface area contributed by atoms with Crippen molar-refractivity contribution >= 4 is 51.0 Å². The van der Waals surface area contributed by atoms with Crippen LogP contribution in [0.1, 0.15) is 31.7 Å². The summed E-state index contributed by atoms with van der Waals surface area (Å²) in [6.07, 6.45) is 3.89. The van der Waals surface area contributed by atoms with Gasteiger partial charge in [0.1, 0.15) is 5.75 Å². The van der Waals surface area contributed by atoms with E-state index in [9.17, 15) is 9.90 Å². The zero-order chi connectivity index (χ0) is 17.5. The number of nitrogens with one attached hydrogen (secondary N) is 1. The molecule has 0 saturated heterocycles. The summed E-state index contributed by atoms with van der Waals surface area (Å²) in [6, 6.07) is 10.6. The van der Waals surface area contributed by atoms with Crippen molar-refractivity contribution in [3.63, 3.8) is 0 Å². The molecule has 2 N–H and O–H groups in total.